The van der Waals surface area contributed by atoms with Crippen LogP contribution in [0, 0.1) is 11.8 Å². The van der Waals surface area contributed by atoms with Crippen LogP contribution < -0.4 is 0 Å². The van der Waals surface area contributed by atoms with Crippen molar-refractivity contribution in [1.29, 1.82) is 0 Å². The fraction of sp³-hybridized carbons (Fsp3) is 0.800. The molecule has 0 aromatic rings. The van der Waals surface area contributed by atoms with Crippen molar-refractivity contribution >= 4 is 18.0 Å². The van der Waals surface area contributed by atoms with Gasteiger partial charge in [0.25, 0.3) is 0 Å². The summed E-state index contributed by atoms with van der Waals surface area (Å²) in [5.41, 5.74) is -0.640. The van der Waals surface area contributed by atoms with Crippen molar-refractivity contribution < 1.29 is 28.6 Å². The van der Waals surface area contributed by atoms with Gasteiger partial charge >= 0.3 is 18.0 Å². The molecule has 0 aromatic heterocycles. The van der Waals surface area contributed by atoms with Crippen LogP contribution in [0.1, 0.15) is 34.6 Å². The predicted molar refractivity (Wildman–Crippen MR) is 78.1 cm³/mol. The third-order valence-electron chi connectivity index (χ3n) is 3.15. The van der Waals surface area contributed by atoms with E-state index >= 15 is 0 Å². The second kappa shape index (κ2) is 7.47. The standard InChI is InChI=1S/C15H25NO6/c1-6-20-12(17)10-8-16(14(19)22-15(3,4)5)9-11(10)13(18)21-7-2/h10-11H,6-9H2,1-5H3. The molecule has 1 aliphatic rings. The molecule has 1 saturated heterocycles. The van der Waals surface area contributed by atoms with Gasteiger partial charge in [0.2, 0.25) is 0 Å². The number of esters is 2. The van der Waals surface area contributed by atoms with Crippen LogP contribution >= 0.6 is 0 Å². The van der Waals surface area contributed by atoms with Gasteiger partial charge < -0.3 is 19.1 Å². The summed E-state index contributed by atoms with van der Waals surface area (Å²) in [7, 11) is 0. The summed E-state index contributed by atoms with van der Waals surface area (Å²) in [6, 6.07) is 0. The highest BCUT2D eigenvalue weighted by molar-refractivity contribution is 5.85. The van der Waals surface area contributed by atoms with Crippen LogP contribution in [0.2, 0.25) is 0 Å². The van der Waals surface area contributed by atoms with Gasteiger partial charge in [-0.25, -0.2) is 4.79 Å². The average Bonchev–Trinajstić information content (AvgIpc) is 2.82. The molecular weight excluding hydrogens is 290 g/mol. The van der Waals surface area contributed by atoms with Crippen molar-refractivity contribution in [3.05, 3.63) is 0 Å². The van der Waals surface area contributed by atoms with E-state index in [4.69, 9.17) is 14.2 Å². The second-order valence-corrected chi connectivity index (χ2v) is 6.10. The minimum absolute atomic E-state index is 0.0945. The smallest absolute Gasteiger partial charge is 0.410 e. The Morgan fingerprint density at radius 2 is 1.36 bits per heavy atom. The second-order valence-electron chi connectivity index (χ2n) is 6.10. The van der Waals surface area contributed by atoms with E-state index in [1.54, 1.807) is 34.6 Å². The molecule has 1 fully saturated rings. The molecule has 1 rings (SSSR count). The maximum Gasteiger partial charge on any atom is 0.410 e. The van der Waals surface area contributed by atoms with Gasteiger partial charge in [0, 0.05) is 13.1 Å². The molecule has 1 aliphatic heterocycles. The van der Waals surface area contributed by atoms with Gasteiger partial charge in [0.05, 0.1) is 25.0 Å². The van der Waals surface area contributed by atoms with Crippen LogP contribution in [0.5, 0.6) is 0 Å². The summed E-state index contributed by atoms with van der Waals surface area (Å²) in [5.74, 6) is -2.42. The zero-order valence-corrected chi connectivity index (χ0v) is 13.9. The van der Waals surface area contributed by atoms with Crippen molar-refractivity contribution in [2.24, 2.45) is 11.8 Å². The molecule has 2 unspecified atom stereocenters. The molecule has 0 bridgehead atoms. The number of carbonyl (C=O) groups is 3. The normalized spacial score (nSPS) is 21.4. The molecule has 2 atom stereocenters. The van der Waals surface area contributed by atoms with Crippen LogP contribution in [-0.4, -0.2) is 54.8 Å². The molecule has 1 amide bonds. The first kappa shape index (κ1) is 18.3. The number of hydrogen-bond donors (Lipinski definition) is 0. The van der Waals surface area contributed by atoms with Crippen LogP contribution in [0.15, 0.2) is 0 Å². The largest absolute Gasteiger partial charge is 0.466 e. The monoisotopic (exact) mass is 315 g/mol. The van der Waals surface area contributed by atoms with Crippen molar-refractivity contribution in [2.75, 3.05) is 26.3 Å². The Morgan fingerprint density at radius 3 is 1.68 bits per heavy atom. The van der Waals surface area contributed by atoms with Crippen molar-refractivity contribution in [3.8, 4) is 0 Å². The molecule has 7 nitrogen and oxygen atoms in total. The lowest BCUT2D eigenvalue weighted by Crippen LogP contribution is -2.36. The summed E-state index contributed by atoms with van der Waals surface area (Å²) in [4.78, 5) is 37.5. The molecule has 0 spiro atoms. The fourth-order valence-corrected chi connectivity index (χ4v) is 2.26. The van der Waals surface area contributed by atoms with Gasteiger partial charge in [-0.1, -0.05) is 0 Å². The molecule has 22 heavy (non-hydrogen) atoms. The summed E-state index contributed by atoms with van der Waals surface area (Å²) < 4.78 is 15.3. The zero-order valence-electron chi connectivity index (χ0n) is 13.9. The van der Waals surface area contributed by atoms with Gasteiger partial charge in [0.1, 0.15) is 5.60 Å². The number of nitrogens with zero attached hydrogens (tertiary/aromatic N) is 1. The number of ether oxygens (including phenoxy) is 3. The quantitative estimate of drug-likeness (QED) is 0.579. The number of amides is 1. The number of likely N-dealkylation sites (tertiary alicyclic amines) is 1. The molecule has 1 heterocycles. The van der Waals surface area contributed by atoms with Crippen LogP contribution in [0.25, 0.3) is 0 Å². The van der Waals surface area contributed by atoms with Crippen LogP contribution in [0.3, 0.4) is 0 Å². The lowest BCUT2D eigenvalue weighted by atomic mass is 9.96. The van der Waals surface area contributed by atoms with Crippen molar-refractivity contribution in [3.63, 3.8) is 0 Å². The summed E-state index contributed by atoms with van der Waals surface area (Å²) in [6.45, 7) is 9.28. The summed E-state index contributed by atoms with van der Waals surface area (Å²) in [5, 5.41) is 0. The lowest BCUT2D eigenvalue weighted by Gasteiger charge is -2.24. The van der Waals surface area contributed by atoms with E-state index in [0.29, 0.717) is 0 Å². The van der Waals surface area contributed by atoms with E-state index in [0.717, 1.165) is 0 Å². The van der Waals surface area contributed by atoms with Crippen LogP contribution in [-0.2, 0) is 23.8 Å². The first-order chi connectivity index (χ1) is 10.2. The Kier molecular flexibility index (Phi) is 6.20. The topological polar surface area (TPSA) is 82.1 Å². The lowest BCUT2D eigenvalue weighted by molar-refractivity contribution is -0.157. The number of hydrogen-bond acceptors (Lipinski definition) is 6. The number of carbonyl (C=O) groups excluding carboxylic acids is 3. The van der Waals surface area contributed by atoms with E-state index in [1.165, 1.54) is 4.90 Å². The van der Waals surface area contributed by atoms with Crippen molar-refractivity contribution in [1.82, 2.24) is 4.90 Å². The molecule has 0 saturated carbocycles. The van der Waals surface area contributed by atoms with Crippen molar-refractivity contribution in [2.45, 2.75) is 40.2 Å². The van der Waals surface area contributed by atoms with Gasteiger partial charge in [-0.3, -0.25) is 9.59 Å². The maximum absolute atomic E-state index is 12.1. The molecule has 126 valence electrons. The first-order valence-electron chi connectivity index (χ1n) is 7.50. The van der Waals surface area contributed by atoms with E-state index in [-0.39, 0.29) is 26.3 Å². The van der Waals surface area contributed by atoms with Gasteiger partial charge in [-0.15, -0.1) is 0 Å². The third kappa shape index (κ3) is 4.89. The average molecular weight is 315 g/mol. The zero-order chi connectivity index (χ0) is 16.9. The number of rotatable bonds is 4. The van der Waals surface area contributed by atoms with Crippen LogP contribution in [0.4, 0.5) is 4.79 Å². The third-order valence-corrected chi connectivity index (χ3v) is 3.15. The minimum Gasteiger partial charge on any atom is -0.466 e. The SMILES string of the molecule is CCOC(=O)C1CN(C(=O)OC(C)(C)C)CC1C(=O)OCC. The predicted octanol–water partition coefficient (Wildman–Crippen LogP) is 1.60. The Balaban J connectivity index is 2.83. The Bertz CT molecular complexity index is 402. The van der Waals surface area contributed by atoms with Gasteiger partial charge in [-0.05, 0) is 34.6 Å². The Labute approximate surface area is 130 Å². The molecule has 0 N–H and O–H groups in total. The highest BCUT2D eigenvalue weighted by Gasteiger charge is 2.46. The fourth-order valence-electron chi connectivity index (χ4n) is 2.26. The molecule has 0 aliphatic carbocycles. The highest BCUT2D eigenvalue weighted by Crippen LogP contribution is 2.27. The minimum atomic E-state index is -0.716. The van der Waals surface area contributed by atoms with Gasteiger partial charge in [0.15, 0.2) is 0 Å². The van der Waals surface area contributed by atoms with E-state index in [9.17, 15) is 14.4 Å². The molecular formula is C15H25NO6. The van der Waals surface area contributed by atoms with Gasteiger partial charge in [-0.2, -0.15) is 0 Å². The summed E-state index contributed by atoms with van der Waals surface area (Å²) >= 11 is 0. The maximum atomic E-state index is 12.1. The highest BCUT2D eigenvalue weighted by atomic mass is 16.6. The Morgan fingerprint density at radius 1 is 0.955 bits per heavy atom. The molecule has 0 radical (unpaired) electrons. The Hall–Kier alpha value is -1.79. The van der Waals surface area contributed by atoms with E-state index in [1.807, 2.05) is 0 Å². The van der Waals surface area contributed by atoms with E-state index in [2.05, 4.69) is 0 Å². The first-order valence-corrected chi connectivity index (χ1v) is 7.50. The molecule has 7 heteroatoms. The summed E-state index contributed by atoms with van der Waals surface area (Å²) in [6.07, 6.45) is -0.548. The van der Waals surface area contributed by atoms with E-state index < -0.39 is 35.5 Å². The molecule has 0 aromatic carbocycles.